The summed E-state index contributed by atoms with van der Waals surface area (Å²) >= 11 is 0. The van der Waals surface area contributed by atoms with Crippen LogP contribution in [0.3, 0.4) is 0 Å². The van der Waals surface area contributed by atoms with Crippen LogP contribution in [0, 0.1) is 0 Å². The van der Waals surface area contributed by atoms with Crippen molar-refractivity contribution in [2.45, 2.75) is 38.3 Å². The maximum atomic E-state index is 9.41. The summed E-state index contributed by atoms with van der Waals surface area (Å²) < 4.78 is 5.19. The molecule has 0 fully saturated rings. The van der Waals surface area contributed by atoms with Crippen LogP contribution in [0.4, 0.5) is 0 Å². The van der Waals surface area contributed by atoms with Gasteiger partial charge in [0.2, 0.25) is 5.89 Å². The van der Waals surface area contributed by atoms with Gasteiger partial charge in [0.15, 0.2) is 5.82 Å². The van der Waals surface area contributed by atoms with E-state index in [4.69, 9.17) is 10.3 Å². The highest BCUT2D eigenvalue weighted by Crippen LogP contribution is 2.21. The van der Waals surface area contributed by atoms with Gasteiger partial charge < -0.3 is 20.5 Å². The van der Waals surface area contributed by atoms with Gasteiger partial charge in [-0.1, -0.05) is 24.2 Å². The van der Waals surface area contributed by atoms with Crippen molar-refractivity contribution in [1.82, 2.24) is 10.1 Å². The van der Waals surface area contributed by atoms with Crippen molar-refractivity contribution in [3.8, 4) is 5.75 Å². The topological polar surface area (TPSA) is 105 Å². The van der Waals surface area contributed by atoms with Crippen LogP contribution in [0.1, 0.15) is 43.1 Å². The quantitative estimate of drug-likeness (QED) is 0.765. The molecule has 0 saturated heterocycles. The average molecular weight is 277 g/mol. The van der Waals surface area contributed by atoms with Gasteiger partial charge in [-0.15, -0.1) is 0 Å². The van der Waals surface area contributed by atoms with Crippen molar-refractivity contribution >= 4 is 0 Å². The number of rotatable bonds is 5. The number of benzene rings is 1. The number of aromatic hydroxyl groups is 1. The Morgan fingerprint density at radius 1 is 1.25 bits per heavy atom. The van der Waals surface area contributed by atoms with Crippen molar-refractivity contribution in [3.63, 3.8) is 0 Å². The third kappa shape index (κ3) is 3.34. The highest BCUT2D eigenvalue weighted by Gasteiger charge is 2.21. The Hall–Kier alpha value is -1.92. The van der Waals surface area contributed by atoms with E-state index in [1.54, 1.807) is 19.1 Å². The Balaban J connectivity index is 2.06. The molecular weight excluding hydrogens is 258 g/mol. The van der Waals surface area contributed by atoms with Crippen molar-refractivity contribution in [2.75, 3.05) is 0 Å². The number of phenols is 1. The number of aliphatic hydroxyl groups is 1. The number of hydrogen-bond donors (Lipinski definition) is 3. The van der Waals surface area contributed by atoms with Crippen molar-refractivity contribution in [1.29, 1.82) is 0 Å². The fraction of sp³-hybridized carbons (Fsp3) is 0.429. The molecule has 3 atom stereocenters. The first kappa shape index (κ1) is 14.5. The monoisotopic (exact) mass is 277 g/mol. The molecule has 1 heterocycles. The molecule has 108 valence electrons. The molecule has 0 bridgehead atoms. The van der Waals surface area contributed by atoms with E-state index in [1.165, 1.54) is 0 Å². The first-order valence-corrected chi connectivity index (χ1v) is 6.52. The molecule has 1 unspecified atom stereocenters. The molecule has 0 radical (unpaired) electrons. The van der Waals surface area contributed by atoms with Crippen molar-refractivity contribution in [3.05, 3.63) is 41.5 Å². The zero-order valence-corrected chi connectivity index (χ0v) is 11.5. The van der Waals surface area contributed by atoms with Crippen molar-refractivity contribution < 1.29 is 14.7 Å². The molecule has 0 amide bonds. The van der Waals surface area contributed by atoms with Gasteiger partial charge in [0.1, 0.15) is 5.75 Å². The summed E-state index contributed by atoms with van der Waals surface area (Å²) in [5.41, 5.74) is 6.82. The minimum absolute atomic E-state index is 0.0296. The van der Waals surface area contributed by atoms with Crippen LogP contribution in [0.5, 0.6) is 5.75 Å². The number of aliphatic hydroxyl groups excluding tert-OH is 1. The summed E-state index contributed by atoms with van der Waals surface area (Å²) in [5.74, 6) is 1.07. The molecule has 0 saturated carbocycles. The molecule has 1 aromatic heterocycles. The maximum absolute atomic E-state index is 9.41. The third-order valence-electron chi connectivity index (χ3n) is 3.18. The lowest BCUT2D eigenvalue weighted by Crippen LogP contribution is -2.24. The van der Waals surface area contributed by atoms with Gasteiger partial charge in [-0.3, -0.25) is 0 Å². The number of nitrogens with two attached hydrogens (primary N) is 1. The lowest BCUT2D eigenvalue weighted by molar-refractivity contribution is 0.159. The Morgan fingerprint density at radius 2 is 1.90 bits per heavy atom. The van der Waals surface area contributed by atoms with Gasteiger partial charge in [-0.2, -0.15) is 4.98 Å². The van der Waals surface area contributed by atoms with Crippen LogP contribution in [0.15, 0.2) is 28.8 Å². The average Bonchev–Trinajstić information content (AvgIpc) is 2.90. The van der Waals surface area contributed by atoms with Crippen LogP contribution in [-0.4, -0.2) is 26.5 Å². The van der Waals surface area contributed by atoms with Gasteiger partial charge >= 0.3 is 0 Å². The first-order valence-electron chi connectivity index (χ1n) is 6.52. The number of nitrogens with zero attached hydrogens (tertiary/aromatic N) is 2. The van der Waals surface area contributed by atoms with Crippen molar-refractivity contribution in [2.24, 2.45) is 5.73 Å². The SMILES string of the molecule is CC(O)[C@H](N)c1noc([C@@H](C)Cc2ccc(O)cc2)n1. The zero-order valence-electron chi connectivity index (χ0n) is 11.5. The number of phenolic OH excluding ortho intramolecular Hbond substituents is 1. The molecule has 1 aromatic carbocycles. The lowest BCUT2D eigenvalue weighted by atomic mass is 10.0. The standard InChI is InChI=1S/C14H19N3O3/c1-8(7-10-3-5-11(19)6-4-10)14-16-13(17-20-14)12(15)9(2)18/h3-6,8-9,12,18-19H,7,15H2,1-2H3/t8-,9?,12-/m0/s1. The van der Waals surface area contributed by atoms with E-state index in [2.05, 4.69) is 10.1 Å². The second-order valence-corrected chi connectivity index (χ2v) is 5.03. The Morgan fingerprint density at radius 3 is 2.50 bits per heavy atom. The van der Waals surface area contributed by atoms with Gasteiger partial charge in [-0.05, 0) is 31.0 Å². The molecule has 2 rings (SSSR count). The fourth-order valence-electron chi connectivity index (χ4n) is 1.87. The van der Waals surface area contributed by atoms with E-state index >= 15 is 0 Å². The molecule has 0 aliphatic rings. The third-order valence-corrected chi connectivity index (χ3v) is 3.18. The van der Waals surface area contributed by atoms with Gasteiger partial charge in [0, 0.05) is 5.92 Å². The van der Waals surface area contributed by atoms with E-state index in [0.717, 1.165) is 5.56 Å². The van der Waals surface area contributed by atoms with E-state index in [9.17, 15) is 10.2 Å². The lowest BCUT2D eigenvalue weighted by Gasteiger charge is -2.09. The zero-order chi connectivity index (χ0) is 14.7. The van der Waals surface area contributed by atoms with Gasteiger partial charge in [0.05, 0.1) is 12.1 Å². The molecule has 0 aliphatic carbocycles. The molecule has 2 aromatic rings. The minimum Gasteiger partial charge on any atom is -0.508 e. The van der Waals surface area contributed by atoms with Crippen LogP contribution in [-0.2, 0) is 6.42 Å². The highest BCUT2D eigenvalue weighted by atomic mass is 16.5. The minimum atomic E-state index is -0.729. The van der Waals surface area contributed by atoms with Crippen LogP contribution < -0.4 is 5.73 Å². The number of aromatic nitrogens is 2. The fourth-order valence-corrected chi connectivity index (χ4v) is 1.87. The van der Waals surface area contributed by atoms with E-state index in [1.807, 2.05) is 19.1 Å². The van der Waals surface area contributed by atoms with Crippen LogP contribution in [0.25, 0.3) is 0 Å². The van der Waals surface area contributed by atoms with Crippen LogP contribution in [0.2, 0.25) is 0 Å². The number of hydrogen-bond acceptors (Lipinski definition) is 6. The summed E-state index contributed by atoms with van der Waals surface area (Å²) in [6.07, 6.45) is -0.0147. The van der Waals surface area contributed by atoms with E-state index in [0.29, 0.717) is 18.1 Å². The largest absolute Gasteiger partial charge is 0.508 e. The molecule has 0 spiro atoms. The molecule has 0 aliphatic heterocycles. The molecule has 6 heteroatoms. The predicted octanol–water partition coefficient (Wildman–Crippen LogP) is 1.50. The van der Waals surface area contributed by atoms with Crippen LogP contribution >= 0.6 is 0 Å². The molecule has 20 heavy (non-hydrogen) atoms. The molecular formula is C14H19N3O3. The summed E-state index contributed by atoms with van der Waals surface area (Å²) in [6.45, 7) is 3.55. The Bertz CT molecular complexity index is 551. The highest BCUT2D eigenvalue weighted by molar-refractivity contribution is 5.26. The summed E-state index contributed by atoms with van der Waals surface area (Å²) in [7, 11) is 0. The molecule has 4 N–H and O–H groups in total. The second kappa shape index (κ2) is 6.02. The summed E-state index contributed by atoms with van der Waals surface area (Å²) in [4.78, 5) is 4.23. The van der Waals surface area contributed by atoms with E-state index < -0.39 is 12.1 Å². The summed E-state index contributed by atoms with van der Waals surface area (Å²) in [6, 6.07) is 6.35. The second-order valence-electron chi connectivity index (χ2n) is 5.03. The Kier molecular flexibility index (Phi) is 4.36. The molecule has 6 nitrogen and oxygen atoms in total. The van der Waals surface area contributed by atoms with Gasteiger partial charge in [0.25, 0.3) is 0 Å². The normalized spacial score (nSPS) is 15.8. The predicted molar refractivity (Wildman–Crippen MR) is 73.1 cm³/mol. The first-order chi connectivity index (χ1) is 9.47. The van der Waals surface area contributed by atoms with E-state index in [-0.39, 0.29) is 11.7 Å². The smallest absolute Gasteiger partial charge is 0.229 e. The maximum Gasteiger partial charge on any atom is 0.229 e. The van der Waals surface area contributed by atoms with Gasteiger partial charge in [-0.25, -0.2) is 0 Å². The Labute approximate surface area is 117 Å². The summed E-state index contributed by atoms with van der Waals surface area (Å²) in [5, 5.41) is 22.5.